The van der Waals surface area contributed by atoms with Crippen LogP contribution in [-0.2, 0) is 10.0 Å². The van der Waals surface area contributed by atoms with Gasteiger partial charge in [0.2, 0.25) is 10.0 Å². The normalized spacial score (nSPS) is 12.0. The maximum absolute atomic E-state index is 12.1. The second kappa shape index (κ2) is 9.83. The van der Waals surface area contributed by atoms with Gasteiger partial charge in [-0.05, 0) is 12.5 Å². The second-order valence-corrected chi connectivity index (χ2v) is 6.70. The maximum Gasteiger partial charge on any atom is 0.270 e. The average molecular weight is 357 g/mol. The monoisotopic (exact) mass is 357 g/mol. The van der Waals surface area contributed by atoms with E-state index in [1.54, 1.807) is 7.05 Å². The minimum atomic E-state index is -3.80. The lowest BCUT2D eigenvalue weighted by atomic mass is 10.3. The third-order valence-electron chi connectivity index (χ3n) is 3.09. The molecule has 3 N–H and O–H groups in total. The van der Waals surface area contributed by atoms with Crippen molar-refractivity contribution in [1.82, 2.24) is 15.4 Å². The summed E-state index contributed by atoms with van der Waals surface area (Å²) in [7, 11) is -2.16. The highest BCUT2D eigenvalue weighted by atomic mass is 32.2. The van der Waals surface area contributed by atoms with Crippen molar-refractivity contribution in [3.63, 3.8) is 0 Å². The quantitative estimate of drug-likeness (QED) is 0.198. The molecule has 0 saturated carbocycles. The lowest BCUT2D eigenvalue weighted by Gasteiger charge is -2.12. The molecule has 9 nitrogen and oxygen atoms in total. The van der Waals surface area contributed by atoms with Crippen LogP contribution in [0.2, 0.25) is 0 Å². The molecule has 0 heterocycles. The number of nitrogens with one attached hydrogen (secondary N) is 3. The Morgan fingerprint density at radius 3 is 2.58 bits per heavy atom. The number of rotatable bonds is 9. The zero-order valence-corrected chi connectivity index (χ0v) is 14.6. The van der Waals surface area contributed by atoms with Crippen molar-refractivity contribution < 1.29 is 13.3 Å². The van der Waals surface area contributed by atoms with E-state index in [1.807, 2.05) is 0 Å². The molecule has 0 aliphatic rings. The fraction of sp³-hybridized carbons (Fsp3) is 0.500. The van der Waals surface area contributed by atoms with Crippen LogP contribution in [0.5, 0.6) is 0 Å². The number of unbranched alkanes of at least 4 members (excludes halogenated alkanes) is 1. The Kier molecular flexibility index (Phi) is 8.13. The van der Waals surface area contributed by atoms with Crippen LogP contribution < -0.4 is 15.4 Å². The summed E-state index contributed by atoms with van der Waals surface area (Å²) in [4.78, 5) is 14.0. The van der Waals surface area contributed by atoms with E-state index < -0.39 is 14.9 Å². The van der Waals surface area contributed by atoms with E-state index in [2.05, 4.69) is 27.3 Å². The number of guanidine groups is 1. The van der Waals surface area contributed by atoms with Crippen molar-refractivity contribution in [2.45, 2.75) is 24.7 Å². The van der Waals surface area contributed by atoms with Crippen LogP contribution in [0.25, 0.3) is 0 Å². The van der Waals surface area contributed by atoms with E-state index in [0.717, 1.165) is 25.5 Å². The summed E-state index contributed by atoms with van der Waals surface area (Å²) in [6.07, 6.45) is 2.08. The van der Waals surface area contributed by atoms with Crippen LogP contribution in [0.4, 0.5) is 5.69 Å². The number of benzene rings is 1. The van der Waals surface area contributed by atoms with Crippen LogP contribution in [0.15, 0.2) is 34.2 Å². The van der Waals surface area contributed by atoms with Gasteiger partial charge in [-0.3, -0.25) is 15.1 Å². The molecule has 0 aromatic heterocycles. The van der Waals surface area contributed by atoms with E-state index in [4.69, 9.17) is 0 Å². The van der Waals surface area contributed by atoms with Gasteiger partial charge in [-0.1, -0.05) is 19.4 Å². The summed E-state index contributed by atoms with van der Waals surface area (Å²) in [5.41, 5.74) is -0.267. The first-order valence-electron chi connectivity index (χ1n) is 7.59. The van der Waals surface area contributed by atoms with Crippen LogP contribution in [0.3, 0.4) is 0 Å². The van der Waals surface area contributed by atoms with Gasteiger partial charge in [-0.15, -0.1) is 0 Å². The Morgan fingerprint density at radius 2 is 1.96 bits per heavy atom. The molecule has 0 aliphatic heterocycles. The van der Waals surface area contributed by atoms with Gasteiger partial charge in [0, 0.05) is 38.8 Å². The van der Waals surface area contributed by atoms with Crippen LogP contribution >= 0.6 is 0 Å². The number of hydrogen-bond acceptors (Lipinski definition) is 5. The van der Waals surface area contributed by atoms with Crippen molar-refractivity contribution in [3.05, 3.63) is 34.4 Å². The summed E-state index contributed by atoms with van der Waals surface area (Å²) in [6.45, 7) is 3.33. The molecule has 0 saturated heterocycles. The molecule has 0 atom stereocenters. The largest absolute Gasteiger partial charge is 0.356 e. The number of aliphatic imine (C=N–C) groups is 1. The molecule has 0 radical (unpaired) electrons. The van der Waals surface area contributed by atoms with E-state index in [0.29, 0.717) is 12.5 Å². The summed E-state index contributed by atoms with van der Waals surface area (Å²) in [5, 5.41) is 16.8. The third kappa shape index (κ3) is 6.50. The van der Waals surface area contributed by atoms with Gasteiger partial charge in [0.1, 0.15) is 0 Å². The molecule has 0 bridgehead atoms. The molecule has 134 valence electrons. The summed E-state index contributed by atoms with van der Waals surface area (Å²) >= 11 is 0. The molecule has 0 fully saturated rings. The molecule has 1 aromatic carbocycles. The summed E-state index contributed by atoms with van der Waals surface area (Å²) < 4.78 is 26.6. The highest BCUT2D eigenvalue weighted by Gasteiger charge is 2.16. The van der Waals surface area contributed by atoms with Gasteiger partial charge < -0.3 is 10.6 Å². The van der Waals surface area contributed by atoms with E-state index in [1.165, 1.54) is 18.2 Å². The number of hydrogen-bond donors (Lipinski definition) is 3. The molecule has 0 aliphatic carbocycles. The van der Waals surface area contributed by atoms with Crippen molar-refractivity contribution in [1.29, 1.82) is 0 Å². The number of nitrogens with zero attached hydrogens (tertiary/aromatic N) is 2. The fourth-order valence-corrected chi connectivity index (χ4v) is 2.89. The topological polar surface area (TPSA) is 126 Å². The lowest BCUT2D eigenvalue weighted by Crippen LogP contribution is -2.41. The number of nitro groups is 1. The average Bonchev–Trinajstić information content (AvgIpc) is 2.57. The third-order valence-corrected chi connectivity index (χ3v) is 4.55. The minimum Gasteiger partial charge on any atom is -0.356 e. The predicted molar refractivity (Wildman–Crippen MR) is 92.6 cm³/mol. The van der Waals surface area contributed by atoms with Gasteiger partial charge in [-0.25, -0.2) is 13.1 Å². The van der Waals surface area contributed by atoms with Crippen molar-refractivity contribution >= 4 is 21.7 Å². The van der Waals surface area contributed by atoms with Gasteiger partial charge >= 0.3 is 0 Å². The van der Waals surface area contributed by atoms with Gasteiger partial charge in [-0.2, -0.15) is 0 Å². The first kappa shape index (κ1) is 19.8. The summed E-state index contributed by atoms with van der Waals surface area (Å²) in [5.74, 6) is 0.595. The predicted octanol–water partition coefficient (Wildman–Crippen LogP) is 0.838. The Hall–Kier alpha value is -2.20. The zero-order valence-electron chi connectivity index (χ0n) is 13.8. The van der Waals surface area contributed by atoms with Gasteiger partial charge in [0.05, 0.1) is 9.82 Å². The van der Waals surface area contributed by atoms with Crippen molar-refractivity contribution in [3.8, 4) is 0 Å². The Morgan fingerprint density at radius 1 is 1.25 bits per heavy atom. The van der Waals surface area contributed by atoms with Crippen LogP contribution in [-0.4, -0.2) is 46.0 Å². The molecule has 1 rings (SSSR count). The number of nitro benzene ring substituents is 1. The lowest BCUT2D eigenvalue weighted by molar-refractivity contribution is -0.385. The number of non-ortho nitro benzene ring substituents is 1. The van der Waals surface area contributed by atoms with E-state index >= 15 is 0 Å². The SMILES string of the molecule is CCCCNC(=NC)NCCNS(=O)(=O)c1cccc([N+](=O)[O-])c1. The Balaban J connectivity index is 2.51. The van der Waals surface area contributed by atoms with Gasteiger partial charge in [0.15, 0.2) is 5.96 Å². The van der Waals surface area contributed by atoms with Gasteiger partial charge in [0.25, 0.3) is 5.69 Å². The standard InChI is InChI=1S/C14H23N5O4S/c1-3-4-8-16-14(15-2)17-9-10-18-24(22,23)13-7-5-6-12(11-13)19(20)21/h5-7,11,18H,3-4,8-10H2,1-2H3,(H2,15,16,17). The first-order valence-corrected chi connectivity index (χ1v) is 9.07. The smallest absolute Gasteiger partial charge is 0.270 e. The molecule has 1 aromatic rings. The highest BCUT2D eigenvalue weighted by Crippen LogP contribution is 2.16. The van der Waals surface area contributed by atoms with Crippen LogP contribution in [0, 0.1) is 10.1 Å². The highest BCUT2D eigenvalue weighted by molar-refractivity contribution is 7.89. The maximum atomic E-state index is 12.1. The molecular formula is C14H23N5O4S. The molecule has 0 unspecified atom stereocenters. The van der Waals surface area contributed by atoms with Crippen molar-refractivity contribution in [2.75, 3.05) is 26.7 Å². The van der Waals surface area contributed by atoms with Crippen molar-refractivity contribution in [2.24, 2.45) is 4.99 Å². The zero-order chi connectivity index (χ0) is 18.0. The molecule has 0 amide bonds. The Labute approximate surface area is 141 Å². The molecule has 10 heteroatoms. The first-order chi connectivity index (χ1) is 11.4. The molecular weight excluding hydrogens is 334 g/mol. The molecule has 24 heavy (non-hydrogen) atoms. The summed E-state index contributed by atoms with van der Waals surface area (Å²) in [6, 6.07) is 4.92. The molecule has 0 spiro atoms. The van der Waals surface area contributed by atoms with Crippen LogP contribution in [0.1, 0.15) is 19.8 Å². The second-order valence-electron chi connectivity index (χ2n) is 4.93. The number of sulfonamides is 1. The fourth-order valence-electron chi connectivity index (χ4n) is 1.82. The van der Waals surface area contributed by atoms with E-state index in [-0.39, 0.29) is 17.1 Å². The Bertz CT molecular complexity index is 675. The minimum absolute atomic E-state index is 0.125. The van der Waals surface area contributed by atoms with E-state index in [9.17, 15) is 18.5 Å².